The summed E-state index contributed by atoms with van der Waals surface area (Å²) in [5.74, 6) is -0.371. The molecule has 2 heterocycles. The molecule has 9 heteroatoms. The second-order valence-electron chi connectivity index (χ2n) is 4.96. The average Bonchev–Trinajstić information content (AvgIpc) is 2.91. The molecule has 7 N–H and O–H groups in total. The summed E-state index contributed by atoms with van der Waals surface area (Å²) in [6.07, 6.45) is 1.20. The molecule has 1 aliphatic rings. The molecule has 0 aromatic carbocycles. The van der Waals surface area contributed by atoms with Gasteiger partial charge in [0, 0.05) is 5.92 Å². The molecule has 1 fully saturated rings. The van der Waals surface area contributed by atoms with Crippen molar-refractivity contribution in [1.29, 1.82) is 0 Å². The number of aliphatic hydroxyl groups excluding tert-OH is 2. The summed E-state index contributed by atoms with van der Waals surface area (Å²) in [6.45, 7) is 3.76. The van der Waals surface area contributed by atoms with Crippen LogP contribution in [0.5, 0.6) is 0 Å². The summed E-state index contributed by atoms with van der Waals surface area (Å²) >= 11 is 0. The van der Waals surface area contributed by atoms with Gasteiger partial charge in [-0.15, -0.1) is 0 Å². The lowest BCUT2D eigenvalue weighted by atomic mass is 10.0. The first-order valence-electron chi connectivity index (χ1n) is 6.23. The van der Waals surface area contributed by atoms with Crippen molar-refractivity contribution in [2.45, 2.75) is 18.6 Å². The van der Waals surface area contributed by atoms with E-state index < -0.39 is 11.7 Å². The van der Waals surface area contributed by atoms with Gasteiger partial charge >= 0.3 is 0 Å². The number of hydrogen-bond acceptors (Lipinski definition) is 6. The number of nitrogens with two attached hydrogens (primary N) is 1. The van der Waals surface area contributed by atoms with E-state index in [1.807, 2.05) is 0 Å². The molecule has 0 saturated heterocycles. The van der Waals surface area contributed by atoms with Crippen LogP contribution in [0, 0.1) is 5.92 Å². The summed E-state index contributed by atoms with van der Waals surface area (Å²) in [5, 5.41) is 19.2. The maximum Gasteiger partial charge on any atom is 0.280 e. The maximum absolute atomic E-state index is 11.7. The highest BCUT2D eigenvalue weighted by Crippen LogP contribution is 2.39. The molecule has 0 bridgehead atoms. The minimum Gasteiger partial charge on any atom is -0.412 e. The zero-order chi connectivity index (χ0) is 14.4. The first-order chi connectivity index (χ1) is 9.52. The lowest BCUT2D eigenvalue weighted by molar-refractivity contribution is 0.101. The van der Waals surface area contributed by atoms with E-state index >= 15 is 0 Å². The molecule has 0 aliphatic heterocycles. The largest absolute Gasteiger partial charge is 0.412 e. The quantitative estimate of drug-likeness (QED) is 0.485. The van der Waals surface area contributed by atoms with Crippen LogP contribution < -0.4 is 11.3 Å². The fraction of sp³-hybridized carbons (Fsp3) is 0.417. The van der Waals surface area contributed by atoms with Gasteiger partial charge in [0.05, 0.1) is 25.1 Å². The number of imidazole rings is 1. The van der Waals surface area contributed by atoms with Gasteiger partial charge in [-0.3, -0.25) is 9.78 Å². The predicted molar refractivity (Wildman–Crippen MR) is 75.6 cm³/mol. The van der Waals surface area contributed by atoms with E-state index in [9.17, 15) is 15.0 Å². The van der Waals surface area contributed by atoms with Gasteiger partial charge in [0.2, 0.25) is 5.95 Å². The first-order valence-corrected chi connectivity index (χ1v) is 6.23. The molecule has 114 valence electrons. The summed E-state index contributed by atoms with van der Waals surface area (Å²) in [5.41, 5.74) is 6.37. The van der Waals surface area contributed by atoms with E-state index in [1.54, 1.807) is 4.57 Å². The number of nitrogens with zero attached hydrogens (tertiary/aromatic N) is 3. The van der Waals surface area contributed by atoms with Crippen LogP contribution in [0.3, 0.4) is 0 Å². The topological polar surface area (TPSA) is 162 Å². The van der Waals surface area contributed by atoms with Crippen LogP contribution in [-0.2, 0) is 0 Å². The number of aromatic amines is 1. The number of nitrogen functional groups attached to an aromatic ring is 1. The van der Waals surface area contributed by atoms with Crippen LogP contribution in [-0.4, -0.2) is 47.9 Å². The van der Waals surface area contributed by atoms with E-state index in [4.69, 9.17) is 5.73 Å². The van der Waals surface area contributed by atoms with Crippen LogP contribution in [0.2, 0.25) is 0 Å². The number of nitrogens with one attached hydrogen (secondary N) is 1. The summed E-state index contributed by atoms with van der Waals surface area (Å²) in [4.78, 5) is 22.2. The van der Waals surface area contributed by atoms with Gasteiger partial charge < -0.3 is 26.0 Å². The molecule has 3 rings (SSSR count). The van der Waals surface area contributed by atoms with E-state index in [0.29, 0.717) is 17.6 Å². The van der Waals surface area contributed by atoms with Gasteiger partial charge in [0.15, 0.2) is 11.2 Å². The molecule has 0 radical (unpaired) electrons. The highest BCUT2D eigenvalue weighted by Gasteiger charge is 2.37. The smallest absolute Gasteiger partial charge is 0.280 e. The third-order valence-corrected chi connectivity index (χ3v) is 3.82. The Kier molecular flexibility index (Phi) is 3.81. The molecule has 1 saturated carbocycles. The predicted octanol–water partition coefficient (Wildman–Crippen LogP) is -1.65. The van der Waals surface area contributed by atoms with Crippen LogP contribution in [0.25, 0.3) is 11.2 Å². The minimum absolute atomic E-state index is 0. The third kappa shape index (κ3) is 2.20. The zero-order valence-electron chi connectivity index (χ0n) is 11.2. The van der Waals surface area contributed by atoms with Gasteiger partial charge in [0.25, 0.3) is 5.56 Å². The number of anilines is 1. The van der Waals surface area contributed by atoms with E-state index in [2.05, 4.69) is 21.5 Å². The van der Waals surface area contributed by atoms with Crippen molar-refractivity contribution in [2.75, 3.05) is 12.3 Å². The molecule has 21 heavy (non-hydrogen) atoms. The third-order valence-electron chi connectivity index (χ3n) is 3.82. The molecular weight excluding hydrogens is 278 g/mol. The number of rotatable bonds is 2. The number of hydrogen-bond donors (Lipinski definition) is 4. The molecule has 0 spiro atoms. The fourth-order valence-electron chi connectivity index (χ4n) is 2.74. The fourth-order valence-corrected chi connectivity index (χ4v) is 2.74. The minimum atomic E-state index is -0.672. The van der Waals surface area contributed by atoms with Crippen molar-refractivity contribution in [2.24, 2.45) is 5.92 Å². The Morgan fingerprint density at radius 3 is 2.90 bits per heavy atom. The molecular formula is C12H17N5O4. The Labute approximate surface area is 119 Å². The van der Waals surface area contributed by atoms with Crippen LogP contribution in [0.4, 0.5) is 5.95 Å². The highest BCUT2D eigenvalue weighted by molar-refractivity contribution is 5.70. The lowest BCUT2D eigenvalue weighted by Gasteiger charge is -2.15. The van der Waals surface area contributed by atoms with Gasteiger partial charge in [-0.25, -0.2) is 4.98 Å². The number of fused-ring (bicyclic) bond motifs is 1. The summed E-state index contributed by atoms with van der Waals surface area (Å²) < 4.78 is 1.67. The van der Waals surface area contributed by atoms with Gasteiger partial charge in [-0.2, -0.15) is 4.98 Å². The normalized spacial score (nSPS) is 25.2. The molecule has 3 atom stereocenters. The Morgan fingerprint density at radius 2 is 2.29 bits per heavy atom. The molecule has 2 aromatic rings. The molecule has 2 aromatic heterocycles. The summed E-state index contributed by atoms with van der Waals surface area (Å²) in [7, 11) is 0. The van der Waals surface area contributed by atoms with E-state index in [1.165, 1.54) is 6.33 Å². The van der Waals surface area contributed by atoms with Crippen LogP contribution >= 0.6 is 0 Å². The molecule has 0 amide bonds. The Balaban J connectivity index is 0.00000161. The highest BCUT2D eigenvalue weighted by atomic mass is 16.3. The Hall–Kier alpha value is -2.23. The lowest BCUT2D eigenvalue weighted by Crippen LogP contribution is -2.17. The van der Waals surface area contributed by atoms with Crippen molar-refractivity contribution < 1.29 is 15.7 Å². The van der Waals surface area contributed by atoms with E-state index in [-0.39, 0.29) is 35.5 Å². The van der Waals surface area contributed by atoms with Crippen molar-refractivity contribution in [3.63, 3.8) is 0 Å². The second-order valence-corrected chi connectivity index (χ2v) is 4.96. The Bertz CT molecular complexity index is 737. The van der Waals surface area contributed by atoms with Crippen LogP contribution in [0.1, 0.15) is 12.5 Å². The van der Waals surface area contributed by atoms with Crippen molar-refractivity contribution in [3.8, 4) is 0 Å². The maximum atomic E-state index is 11.7. The van der Waals surface area contributed by atoms with E-state index in [0.717, 1.165) is 0 Å². The molecule has 9 nitrogen and oxygen atoms in total. The molecule has 1 aliphatic carbocycles. The number of H-pyrrole nitrogens is 1. The monoisotopic (exact) mass is 295 g/mol. The zero-order valence-corrected chi connectivity index (χ0v) is 11.2. The van der Waals surface area contributed by atoms with Crippen LogP contribution in [0.15, 0.2) is 23.3 Å². The molecule has 1 unspecified atom stereocenters. The SMILES string of the molecule is C=C1[C@H](CO)C(O)C[C@@H]1n1cnc2c(=O)[nH]c(N)nc21.O. The summed E-state index contributed by atoms with van der Waals surface area (Å²) in [6, 6.07) is -0.263. The van der Waals surface area contributed by atoms with Gasteiger partial charge in [-0.05, 0) is 12.0 Å². The van der Waals surface area contributed by atoms with Gasteiger partial charge in [0.1, 0.15) is 0 Å². The number of aliphatic hydroxyl groups is 2. The average molecular weight is 295 g/mol. The van der Waals surface area contributed by atoms with Crippen molar-refractivity contribution in [1.82, 2.24) is 19.5 Å². The second kappa shape index (κ2) is 5.28. The van der Waals surface area contributed by atoms with Crippen molar-refractivity contribution in [3.05, 3.63) is 28.8 Å². The van der Waals surface area contributed by atoms with Gasteiger partial charge in [-0.1, -0.05) is 6.58 Å². The van der Waals surface area contributed by atoms with Crippen molar-refractivity contribution >= 4 is 17.1 Å². The Morgan fingerprint density at radius 1 is 1.57 bits per heavy atom. The number of aromatic nitrogens is 4. The first kappa shape index (κ1) is 15.2. The standard InChI is InChI=1S/C12H15N5O3.H2O/c1-5-6(3-18)8(19)2-7(5)17-4-14-9-10(17)15-12(13)16-11(9)20;/h4,6-8,18-19H,1-3H2,(H3,13,15,16,20);1H2/t6-,7-,8?;/m0./s1.